The zero-order valence-corrected chi connectivity index (χ0v) is 6.92. The number of hydrogen-bond acceptors (Lipinski definition) is 2. The molecule has 1 rings (SSSR count). The summed E-state index contributed by atoms with van der Waals surface area (Å²) in [7, 11) is 1.73. The number of amides is 1. The molecule has 0 bridgehead atoms. The zero-order valence-electron chi connectivity index (χ0n) is 6.92. The Morgan fingerprint density at radius 3 is 2.55 bits per heavy atom. The van der Waals surface area contributed by atoms with Gasteiger partial charge in [0.15, 0.2) is 5.78 Å². The monoisotopic (exact) mass is 153 g/mol. The van der Waals surface area contributed by atoms with E-state index in [-0.39, 0.29) is 17.7 Å². The molecule has 0 aromatic heterocycles. The molecule has 1 aliphatic rings. The van der Waals surface area contributed by atoms with Gasteiger partial charge in [0.2, 0.25) is 0 Å². The highest BCUT2D eigenvalue weighted by molar-refractivity contribution is 6.06. The summed E-state index contributed by atoms with van der Waals surface area (Å²) in [6.07, 6.45) is 1.41. The van der Waals surface area contributed by atoms with E-state index < -0.39 is 0 Å². The number of allylic oxidation sites excluding steroid dienone is 1. The van der Waals surface area contributed by atoms with E-state index in [1.54, 1.807) is 11.9 Å². The van der Waals surface area contributed by atoms with E-state index in [1.165, 1.54) is 13.0 Å². The van der Waals surface area contributed by atoms with E-state index in [0.717, 1.165) is 0 Å². The molecule has 0 aliphatic carbocycles. The van der Waals surface area contributed by atoms with E-state index in [0.29, 0.717) is 5.57 Å². The molecule has 1 saturated heterocycles. The third-order valence-electron chi connectivity index (χ3n) is 1.96. The van der Waals surface area contributed by atoms with Gasteiger partial charge in [-0.3, -0.25) is 9.59 Å². The molecule has 3 heteroatoms. The van der Waals surface area contributed by atoms with E-state index in [1.807, 2.05) is 6.92 Å². The fraction of sp³-hybridized carbons (Fsp3) is 0.500. The SMILES string of the molecule is CC(=O)/C=C1\C(=O)N(C)C1C. The Kier molecular flexibility index (Phi) is 1.81. The van der Waals surface area contributed by atoms with Crippen molar-refractivity contribution in [3.05, 3.63) is 11.6 Å². The van der Waals surface area contributed by atoms with Crippen molar-refractivity contribution in [2.75, 3.05) is 7.05 Å². The van der Waals surface area contributed by atoms with Crippen LogP contribution in [0.25, 0.3) is 0 Å². The third kappa shape index (κ3) is 1.18. The summed E-state index contributed by atoms with van der Waals surface area (Å²) in [5.74, 6) is -0.0963. The average molecular weight is 153 g/mol. The smallest absolute Gasteiger partial charge is 0.252 e. The Morgan fingerprint density at radius 1 is 1.64 bits per heavy atom. The van der Waals surface area contributed by atoms with Crippen molar-refractivity contribution in [3.8, 4) is 0 Å². The molecule has 1 unspecified atom stereocenters. The van der Waals surface area contributed by atoms with Crippen molar-refractivity contribution >= 4 is 11.7 Å². The largest absolute Gasteiger partial charge is 0.335 e. The number of hydrogen-bond donors (Lipinski definition) is 0. The standard InChI is InChI=1S/C8H11NO2/c1-5(10)4-7-6(2)9(3)8(7)11/h4,6H,1-3H3/b7-4-. The van der Waals surface area contributed by atoms with Crippen LogP contribution in [0.2, 0.25) is 0 Å². The summed E-state index contributed by atoms with van der Waals surface area (Å²) >= 11 is 0. The second-order valence-electron chi connectivity index (χ2n) is 2.80. The number of carbonyl (C=O) groups is 2. The third-order valence-corrected chi connectivity index (χ3v) is 1.96. The Labute approximate surface area is 65.7 Å². The molecule has 0 radical (unpaired) electrons. The van der Waals surface area contributed by atoms with Gasteiger partial charge in [0, 0.05) is 12.6 Å². The molecule has 0 N–H and O–H groups in total. The first kappa shape index (κ1) is 7.98. The summed E-state index contributed by atoms with van der Waals surface area (Å²) in [6, 6.07) is 0.103. The van der Waals surface area contributed by atoms with E-state index in [4.69, 9.17) is 0 Å². The van der Waals surface area contributed by atoms with Crippen molar-refractivity contribution in [3.63, 3.8) is 0 Å². The topological polar surface area (TPSA) is 37.4 Å². The maximum Gasteiger partial charge on any atom is 0.252 e. The average Bonchev–Trinajstić information content (AvgIpc) is 1.98. The molecule has 60 valence electrons. The van der Waals surface area contributed by atoms with E-state index in [2.05, 4.69) is 0 Å². The van der Waals surface area contributed by atoms with Crippen molar-refractivity contribution in [2.24, 2.45) is 0 Å². The van der Waals surface area contributed by atoms with Crippen LogP contribution in [0.15, 0.2) is 11.6 Å². The van der Waals surface area contributed by atoms with Crippen LogP contribution in [0.5, 0.6) is 0 Å². The van der Waals surface area contributed by atoms with Gasteiger partial charge in [0.05, 0.1) is 6.04 Å². The Bertz CT molecular complexity index is 242. The summed E-state index contributed by atoms with van der Waals surface area (Å²) < 4.78 is 0. The number of rotatable bonds is 1. The maximum absolute atomic E-state index is 11.0. The second kappa shape index (κ2) is 2.49. The van der Waals surface area contributed by atoms with Crippen LogP contribution in [0, 0.1) is 0 Å². The minimum atomic E-state index is -0.0618. The molecule has 0 aromatic rings. The highest BCUT2D eigenvalue weighted by atomic mass is 16.2. The Morgan fingerprint density at radius 2 is 2.18 bits per heavy atom. The van der Waals surface area contributed by atoms with E-state index >= 15 is 0 Å². The number of nitrogens with zero attached hydrogens (tertiary/aromatic N) is 1. The molecule has 1 atom stereocenters. The molecule has 0 aromatic carbocycles. The highest BCUT2D eigenvalue weighted by Gasteiger charge is 2.35. The van der Waals surface area contributed by atoms with Crippen LogP contribution in [0.3, 0.4) is 0 Å². The lowest BCUT2D eigenvalue weighted by Gasteiger charge is -2.37. The first-order valence-electron chi connectivity index (χ1n) is 3.53. The van der Waals surface area contributed by atoms with Crippen LogP contribution in [-0.2, 0) is 9.59 Å². The predicted octanol–water partition coefficient (Wildman–Crippen LogP) is 0.362. The van der Waals surface area contributed by atoms with Crippen LogP contribution in [-0.4, -0.2) is 29.7 Å². The predicted molar refractivity (Wildman–Crippen MR) is 41.0 cm³/mol. The first-order valence-corrected chi connectivity index (χ1v) is 3.53. The fourth-order valence-electron chi connectivity index (χ4n) is 1.10. The lowest BCUT2D eigenvalue weighted by Crippen LogP contribution is -2.50. The van der Waals surface area contributed by atoms with Crippen molar-refractivity contribution in [2.45, 2.75) is 19.9 Å². The highest BCUT2D eigenvalue weighted by Crippen LogP contribution is 2.22. The minimum absolute atomic E-state index is 0.0345. The fourth-order valence-corrected chi connectivity index (χ4v) is 1.10. The number of ketones is 1. The molecule has 3 nitrogen and oxygen atoms in total. The Balaban J connectivity index is 2.78. The molecule has 1 aliphatic heterocycles. The summed E-state index contributed by atoms with van der Waals surface area (Å²) in [4.78, 5) is 23.2. The maximum atomic E-state index is 11.0. The first-order chi connectivity index (χ1) is 5.04. The molecule has 0 spiro atoms. The van der Waals surface area contributed by atoms with Gasteiger partial charge in [-0.2, -0.15) is 0 Å². The van der Waals surface area contributed by atoms with Crippen LogP contribution < -0.4 is 0 Å². The number of β-lactam (4-membered cyclic amide) rings is 1. The van der Waals surface area contributed by atoms with Crippen molar-refractivity contribution in [1.29, 1.82) is 0 Å². The summed E-state index contributed by atoms with van der Waals surface area (Å²) in [5, 5.41) is 0. The van der Waals surface area contributed by atoms with Crippen molar-refractivity contribution in [1.82, 2.24) is 4.90 Å². The zero-order chi connectivity index (χ0) is 8.59. The van der Waals surface area contributed by atoms with Gasteiger partial charge in [-0.1, -0.05) is 0 Å². The molecule has 1 heterocycles. The van der Waals surface area contributed by atoms with Gasteiger partial charge in [-0.25, -0.2) is 0 Å². The van der Waals surface area contributed by atoms with Crippen LogP contribution in [0.4, 0.5) is 0 Å². The summed E-state index contributed by atoms with van der Waals surface area (Å²) in [6.45, 7) is 3.35. The molecule has 1 fully saturated rings. The number of likely N-dealkylation sites (tertiary alicyclic amines) is 1. The molecular formula is C8H11NO2. The van der Waals surface area contributed by atoms with Gasteiger partial charge in [0.1, 0.15) is 0 Å². The molecule has 11 heavy (non-hydrogen) atoms. The molecule has 0 saturated carbocycles. The van der Waals surface area contributed by atoms with Crippen molar-refractivity contribution < 1.29 is 9.59 Å². The molecular weight excluding hydrogens is 142 g/mol. The van der Waals surface area contributed by atoms with Crippen LogP contribution >= 0.6 is 0 Å². The van der Waals surface area contributed by atoms with Gasteiger partial charge in [-0.15, -0.1) is 0 Å². The lowest BCUT2D eigenvalue weighted by molar-refractivity contribution is -0.134. The lowest BCUT2D eigenvalue weighted by atomic mass is 9.96. The normalized spacial score (nSPS) is 27.2. The van der Waals surface area contributed by atoms with Crippen LogP contribution in [0.1, 0.15) is 13.8 Å². The number of carbonyl (C=O) groups excluding carboxylic acids is 2. The van der Waals surface area contributed by atoms with Gasteiger partial charge in [-0.05, 0) is 19.9 Å². The van der Waals surface area contributed by atoms with Gasteiger partial charge >= 0.3 is 0 Å². The van der Waals surface area contributed by atoms with Gasteiger partial charge in [0.25, 0.3) is 5.91 Å². The van der Waals surface area contributed by atoms with E-state index in [9.17, 15) is 9.59 Å². The minimum Gasteiger partial charge on any atom is -0.335 e. The summed E-state index contributed by atoms with van der Waals surface area (Å²) in [5.41, 5.74) is 0.625. The number of likely N-dealkylation sites (N-methyl/N-ethyl adjacent to an activating group) is 1. The molecule has 1 amide bonds. The second-order valence-corrected chi connectivity index (χ2v) is 2.80. The Hall–Kier alpha value is -1.12. The van der Waals surface area contributed by atoms with Gasteiger partial charge < -0.3 is 4.90 Å². The quantitative estimate of drug-likeness (QED) is 0.403.